The number of hydrogen-bond donors (Lipinski definition) is 1. The van der Waals surface area contributed by atoms with Gasteiger partial charge in [-0.15, -0.1) is 0 Å². The molecule has 0 bridgehead atoms. The number of carbonyl (C=O) groups excluding carboxylic acids is 2. The molecule has 2 heterocycles. The summed E-state index contributed by atoms with van der Waals surface area (Å²) in [7, 11) is 0. The van der Waals surface area contributed by atoms with Crippen molar-refractivity contribution in [3.63, 3.8) is 0 Å². The Labute approximate surface area is 146 Å². The smallest absolute Gasteiger partial charge is 0.287 e. The molecule has 1 aromatic heterocycles. The molecule has 0 saturated heterocycles. The summed E-state index contributed by atoms with van der Waals surface area (Å²) >= 11 is 0. The van der Waals surface area contributed by atoms with Gasteiger partial charge in [0.2, 0.25) is 0 Å². The van der Waals surface area contributed by atoms with Gasteiger partial charge in [0.05, 0.1) is 12.2 Å². The Bertz CT molecular complexity index is 817. The molecule has 0 atom stereocenters. The third kappa shape index (κ3) is 3.84. The molecule has 1 aliphatic heterocycles. The molecule has 0 radical (unpaired) electrons. The van der Waals surface area contributed by atoms with Gasteiger partial charge in [-0.05, 0) is 57.5 Å². The van der Waals surface area contributed by atoms with Crippen molar-refractivity contribution in [2.45, 2.75) is 39.8 Å². The van der Waals surface area contributed by atoms with Gasteiger partial charge in [-0.1, -0.05) is 6.07 Å². The summed E-state index contributed by atoms with van der Waals surface area (Å²) in [5.41, 5.74) is 1.42. The molecule has 2 amide bonds. The first-order valence-corrected chi connectivity index (χ1v) is 8.18. The van der Waals surface area contributed by atoms with Gasteiger partial charge in [0.1, 0.15) is 11.5 Å². The van der Waals surface area contributed by atoms with Crippen LogP contribution in [0.1, 0.15) is 42.6 Å². The summed E-state index contributed by atoms with van der Waals surface area (Å²) in [6.07, 6.45) is 0. The second-order valence-corrected chi connectivity index (χ2v) is 7.21. The molecule has 1 aliphatic rings. The Balaban J connectivity index is 1.79. The maximum absolute atomic E-state index is 12.3. The van der Waals surface area contributed by atoms with Gasteiger partial charge < -0.3 is 14.5 Å². The highest BCUT2D eigenvalue weighted by molar-refractivity contribution is 5.97. The maximum Gasteiger partial charge on any atom is 0.287 e. The molecule has 0 unspecified atom stereocenters. The third-order valence-corrected chi connectivity index (χ3v) is 3.75. The Hall–Kier alpha value is -2.76. The van der Waals surface area contributed by atoms with E-state index in [4.69, 9.17) is 9.15 Å². The van der Waals surface area contributed by atoms with Crippen LogP contribution in [0.15, 0.2) is 34.7 Å². The third-order valence-electron chi connectivity index (χ3n) is 3.75. The van der Waals surface area contributed by atoms with E-state index in [1.165, 1.54) is 0 Å². The molecule has 3 rings (SSSR count). The van der Waals surface area contributed by atoms with E-state index in [-0.39, 0.29) is 36.3 Å². The summed E-state index contributed by atoms with van der Waals surface area (Å²) in [6, 6.07) is 9.03. The monoisotopic (exact) mass is 342 g/mol. The Morgan fingerprint density at radius 2 is 2.00 bits per heavy atom. The second kappa shape index (κ2) is 6.27. The topological polar surface area (TPSA) is 71.8 Å². The second-order valence-electron chi connectivity index (χ2n) is 7.21. The van der Waals surface area contributed by atoms with Crippen molar-refractivity contribution in [2.24, 2.45) is 0 Å². The van der Waals surface area contributed by atoms with Gasteiger partial charge in [0.25, 0.3) is 11.8 Å². The van der Waals surface area contributed by atoms with E-state index in [1.54, 1.807) is 17.0 Å². The van der Waals surface area contributed by atoms with Gasteiger partial charge in [0, 0.05) is 5.54 Å². The molecule has 1 aromatic carbocycles. The lowest BCUT2D eigenvalue weighted by atomic mass is 10.1. The van der Waals surface area contributed by atoms with Crippen molar-refractivity contribution in [2.75, 3.05) is 11.5 Å². The molecule has 1 N–H and O–H groups in total. The van der Waals surface area contributed by atoms with Crippen LogP contribution in [0, 0.1) is 6.92 Å². The van der Waals surface area contributed by atoms with Gasteiger partial charge in [-0.2, -0.15) is 0 Å². The largest absolute Gasteiger partial charge is 0.482 e. The van der Waals surface area contributed by atoms with Gasteiger partial charge in [-0.3, -0.25) is 14.5 Å². The van der Waals surface area contributed by atoms with Crippen molar-refractivity contribution in [3.05, 3.63) is 47.4 Å². The maximum atomic E-state index is 12.3. The fourth-order valence-electron chi connectivity index (χ4n) is 2.63. The Morgan fingerprint density at radius 1 is 1.24 bits per heavy atom. The molecule has 0 spiro atoms. The highest BCUT2D eigenvalue weighted by Crippen LogP contribution is 2.34. The SMILES string of the molecule is Cc1ccc2c(c1)OCC(=O)N2Cc1ccc(C(=O)NC(C)(C)C)o1. The predicted molar refractivity (Wildman–Crippen MR) is 93.8 cm³/mol. The number of amides is 2. The Kier molecular flexibility index (Phi) is 4.29. The minimum atomic E-state index is -0.346. The molecule has 6 nitrogen and oxygen atoms in total. The summed E-state index contributed by atoms with van der Waals surface area (Å²) in [4.78, 5) is 26.0. The number of hydrogen-bond acceptors (Lipinski definition) is 4. The molecule has 6 heteroatoms. The summed E-state index contributed by atoms with van der Waals surface area (Å²) in [5, 5.41) is 2.85. The molecular weight excluding hydrogens is 320 g/mol. The van der Waals surface area contributed by atoms with Crippen molar-refractivity contribution < 1.29 is 18.7 Å². The van der Waals surface area contributed by atoms with Crippen LogP contribution in [-0.4, -0.2) is 24.0 Å². The first-order chi connectivity index (χ1) is 11.7. The van der Waals surface area contributed by atoms with Gasteiger partial charge in [-0.25, -0.2) is 0 Å². The van der Waals surface area contributed by atoms with Crippen molar-refractivity contribution in [3.8, 4) is 5.75 Å². The van der Waals surface area contributed by atoms with Crippen LogP contribution in [0.5, 0.6) is 5.75 Å². The lowest BCUT2D eigenvalue weighted by Gasteiger charge is -2.28. The zero-order valence-electron chi connectivity index (χ0n) is 14.9. The lowest BCUT2D eigenvalue weighted by Crippen LogP contribution is -2.40. The molecule has 132 valence electrons. The summed E-state index contributed by atoms with van der Waals surface area (Å²) in [6.45, 7) is 7.92. The van der Waals surface area contributed by atoms with E-state index in [0.717, 1.165) is 5.56 Å². The molecular formula is C19H22N2O4. The number of nitrogens with one attached hydrogen (secondary N) is 1. The summed E-state index contributed by atoms with van der Waals surface area (Å²) < 4.78 is 11.1. The lowest BCUT2D eigenvalue weighted by molar-refractivity contribution is -0.121. The standard InChI is InChI=1S/C19H22N2O4/c1-12-5-7-14-16(9-12)24-11-17(22)21(14)10-13-6-8-15(25-13)18(23)20-19(2,3)4/h5-9H,10-11H2,1-4H3,(H,20,23). The number of carbonyl (C=O) groups is 2. The number of furan rings is 1. The zero-order valence-corrected chi connectivity index (χ0v) is 14.9. The van der Waals surface area contributed by atoms with Gasteiger partial charge in [0.15, 0.2) is 12.4 Å². The van der Waals surface area contributed by atoms with Gasteiger partial charge >= 0.3 is 0 Å². The van der Waals surface area contributed by atoms with Crippen LogP contribution in [-0.2, 0) is 11.3 Å². The van der Waals surface area contributed by atoms with E-state index in [1.807, 2.05) is 45.9 Å². The number of fused-ring (bicyclic) bond motifs is 1. The number of ether oxygens (including phenoxy) is 1. The quantitative estimate of drug-likeness (QED) is 0.930. The van der Waals surface area contributed by atoms with Crippen LogP contribution in [0.3, 0.4) is 0 Å². The number of aryl methyl sites for hydroxylation is 1. The number of rotatable bonds is 3. The van der Waals surface area contributed by atoms with Crippen LogP contribution in [0.2, 0.25) is 0 Å². The molecule has 25 heavy (non-hydrogen) atoms. The first kappa shape index (κ1) is 17.1. The fourth-order valence-corrected chi connectivity index (χ4v) is 2.63. The van der Waals surface area contributed by atoms with E-state index in [2.05, 4.69) is 5.32 Å². The average Bonchev–Trinajstić information content (AvgIpc) is 2.97. The van der Waals surface area contributed by atoms with E-state index < -0.39 is 0 Å². The average molecular weight is 342 g/mol. The zero-order chi connectivity index (χ0) is 18.2. The first-order valence-electron chi connectivity index (χ1n) is 8.18. The van der Waals surface area contributed by atoms with Crippen molar-refractivity contribution in [1.82, 2.24) is 5.32 Å². The molecule has 0 fully saturated rings. The van der Waals surface area contributed by atoms with Crippen LogP contribution >= 0.6 is 0 Å². The minimum Gasteiger partial charge on any atom is -0.482 e. The van der Waals surface area contributed by atoms with E-state index in [0.29, 0.717) is 17.2 Å². The fraction of sp³-hybridized carbons (Fsp3) is 0.368. The number of nitrogens with zero attached hydrogens (tertiary/aromatic N) is 1. The number of anilines is 1. The summed E-state index contributed by atoms with van der Waals surface area (Å²) in [5.74, 6) is 1.03. The molecule has 0 saturated carbocycles. The van der Waals surface area contributed by atoms with Crippen LogP contribution < -0.4 is 15.0 Å². The highest BCUT2D eigenvalue weighted by atomic mass is 16.5. The predicted octanol–water partition coefficient (Wildman–Crippen LogP) is 3.04. The number of benzene rings is 1. The molecule has 0 aliphatic carbocycles. The highest BCUT2D eigenvalue weighted by Gasteiger charge is 2.27. The van der Waals surface area contributed by atoms with Crippen LogP contribution in [0.25, 0.3) is 0 Å². The molecule has 2 aromatic rings. The van der Waals surface area contributed by atoms with E-state index in [9.17, 15) is 9.59 Å². The van der Waals surface area contributed by atoms with Crippen molar-refractivity contribution in [1.29, 1.82) is 0 Å². The van der Waals surface area contributed by atoms with Crippen molar-refractivity contribution >= 4 is 17.5 Å². The minimum absolute atomic E-state index is 0.00543. The van der Waals surface area contributed by atoms with Crippen LogP contribution in [0.4, 0.5) is 5.69 Å². The Morgan fingerprint density at radius 3 is 2.72 bits per heavy atom. The van der Waals surface area contributed by atoms with E-state index >= 15 is 0 Å². The normalized spacial score (nSPS) is 14.1.